The number of benzene rings is 2. The summed E-state index contributed by atoms with van der Waals surface area (Å²) in [5.74, 6) is 0.150. The van der Waals surface area contributed by atoms with E-state index in [1.54, 1.807) is 55.6 Å². The Morgan fingerprint density at radius 2 is 1.38 bits per heavy atom. The van der Waals surface area contributed by atoms with E-state index in [0.29, 0.717) is 22.6 Å². The van der Waals surface area contributed by atoms with E-state index in [-0.39, 0.29) is 6.10 Å². The van der Waals surface area contributed by atoms with Crippen LogP contribution in [0.1, 0.15) is 41.0 Å². The normalized spacial score (nSPS) is 11.5. The van der Waals surface area contributed by atoms with Crippen LogP contribution < -0.4 is 9.47 Å². The molecule has 0 heterocycles. The molecule has 0 aliphatic rings. The minimum Gasteiger partial charge on any atom is -0.497 e. The summed E-state index contributed by atoms with van der Waals surface area (Å²) in [5.41, 5.74) is 0.829. The third-order valence-corrected chi connectivity index (χ3v) is 3.51. The van der Waals surface area contributed by atoms with Crippen molar-refractivity contribution in [1.29, 1.82) is 0 Å². The van der Waals surface area contributed by atoms with Crippen molar-refractivity contribution in [2.24, 2.45) is 0 Å². The van der Waals surface area contributed by atoms with Gasteiger partial charge in [-0.2, -0.15) is 0 Å². The zero-order valence-corrected chi connectivity index (χ0v) is 13.9. The fourth-order valence-electron chi connectivity index (χ4n) is 1.89. The van der Waals surface area contributed by atoms with E-state index in [0.717, 1.165) is 6.42 Å². The third kappa shape index (κ3) is 4.59. The number of hydrogen-bond donors (Lipinski definition) is 0. The van der Waals surface area contributed by atoms with E-state index in [1.165, 1.54) is 0 Å². The van der Waals surface area contributed by atoms with Gasteiger partial charge in [-0.3, -0.25) is 0 Å². The zero-order chi connectivity index (χ0) is 17.5. The molecule has 5 heteroatoms. The number of esters is 2. The molecule has 2 aromatic carbocycles. The molecule has 0 aromatic heterocycles. The Morgan fingerprint density at radius 3 is 1.88 bits per heavy atom. The van der Waals surface area contributed by atoms with Crippen LogP contribution in [-0.4, -0.2) is 25.2 Å². The summed E-state index contributed by atoms with van der Waals surface area (Å²) in [6.45, 7) is 3.78. The van der Waals surface area contributed by atoms with Crippen LogP contribution in [0.3, 0.4) is 0 Å². The monoisotopic (exact) mass is 328 g/mol. The second-order valence-corrected chi connectivity index (χ2v) is 5.27. The second kappa shape index (κ2) is 8.15. The van der Waals surface area contributed by atoms with E-state index in [4.69, 9.17) is 14.2 Å². The maximum Gasteiger partial charge on any atom is 0.343 e. The predicted molar refractivity (Wildman–Crippen MR) is 89.6 cm³/mol. The summed E-state index contributed by atoms with van der Waals surface area (Å²) in [4.78, 5) is 23.9. The molecule has 0 N–H and O–H groups in total. The van der Waals surface area contributed by atoms with Gasteiger partial charge in [0.05, 0.1) is 24.3 Å². The van der Waals surface area contributed by atoms with Gasteiger partial charge in [0, 0.05) is 0 Å². The minimum absolute atomic E-state index is 0.134. The van der Waals surface area contributed by atoms with Crippen LogP contribution >= 0.6 is 0 Å². The molecular weight excluding hydrogens is 308 g/mol. The molecule has 5 nitrogen and oxygen atoms in total. The number of carbonyl (C=O) groups excluding carboxylic acids is 2. The summed E-state index contributed by atoms with van der Waals surface area (Å²) in [6, 6.07) is 12.9. The standard InChI is InChI=1S/C19H20O5/c1-4-13(2)23-18(20)14-7-11-17(12-8-14)24-19(21)15-5-9-16(22-3)10-6-15/h5-13H,4H2,1-3H3. The number of rotatable bonds is 6. The van der Waals surface area contributed by atoms with E-state index in [2.05, 4.69) is 0 Å². The molecule has 1 atom stereocenters. The predicted octanol–water partition coefficient (Wildman–Crippen LogP) is 3.87. The second-order valence-electron chi connectivity index (χ2n) is 5.27. The van der Waals surface area contributed by atoms with Gasteiger partial charge < -0.3 is 14.2 Å². The lowest BCUT2D eigenvalue weighted by atomic mass is 10.2. The maximum absolute atomic E-state index is 12.1. The van der Waals surface area contributed by atoms with Gasteiger partial charge >= 0.3 is 11.9 Å². The Bertz CT molecular complexity index is 689. The first-order valence-corrected chi connectivity index (χ1v) is 7.70. The Morgan fingerprint density at radius 1 is 0.875 bits per heavy atom. The van der Waals surface area contributed by atoms with Crippen LogP contribution in [0, 0.1) is 0 Å². The van der Waals surface area contributed by atoms with Crippen molar-refractivity contribution in [2.45, 2.75) is 26.4 Å². The van der Waals surface area contributed by atoms with E-state index >= 15 is 0 Å². The number of methoxy groups -OCH3 is 1. The lowest BCUT2D eigenvalue weighted by Crippen LogP contribution is -2.14. The summed E-state index contributed by atoms with van der Waals surface area (Å²) < 4.78 is 15.6. The largest absolute Gasteiger partial charge is 0.497 e. The molecule has 2 rings (SSSR count). The molecule has 0 amide bonds. The molecule has 0 bridgehead atoms. The smallest absolute Gasteiger partial charge is 0.343 e. The molecule has 24 heavy (non-hydrogen) atoms. The molecule has 0 radical (unpaired) electrons. The van der Waals surface area contributed by atoms with Crippen LogP contribution in [0.5, 0.6) is 11.5 Å². The summed E-state index contributed by atoms with van der Waals surface area (Å²) >= 11 is 0. The highest BCUT2D eigenvalue weighted by Crippen LogP contribution is 2.17. The van der Waals surface area contributed by atoms with Gasteiger partial charge in [-0.1, -0.05) is 6.92 Å². The van der Waals surface area contributed by atoms with Crippen molar-refractivity contribution in [1.82, 2.24) is 0 Å². The van der Waals surface area contributed by atoms with E-state index < -0.39 is 11.9 Å². The molecule has 0 spiro atoms. The average molecular weight is 328 g/mol. The molecule has 0 aliphatic heterocycles. The molecule has 0 fully saturated rings. The molecule has 0 aliphatic carbocycles. The fraction of sp³-hybridized carbons (Fsp3) is 0.263. The van der Waals surface area contributed by atoms with Gasteiger partial charge in [0.15, 0.2) is 0 Å². The molecule has 2 aromatic rings. The molecule has 0 saturated carbocycles. The molecular formula is C19H20O5. The number of hydrogen-bond acceptors (Lipinski definition) is 5. The highest BCUT2D eigenvalue weighted by atomic mass is 16.5. The van der Waals surface area contributed by atoms with Gasteiger partial charge in [-0.05, 0) is 61.9 Å². The first-order chi connectivity index (χ1) is 11.5. The van der Waals surface area contributed by atoms with Gasteiger partial charge in [0.1, 0.15) is 11.5 Å². The maximum atomic E-state index is 12.1. The topological polar surface area (TPSA) is 61.8 Å². The van der Waals surface area contributed by atoms with E-state index in [9.17, 15) is 9.59 Å². The lowest BCUT2D eigenvalue weighted by Gasteiger charge is -2.11. The summed E-state index contributed by atoms with van der Waals surface area (Å²) in [7, 11) is 1.56. The van der Waals surface area contributed by atoms with Crippen LogP contribution in [0.15, 0.2) is 48.5 Å². The summed E-state index contributed by atoms with van der Waals surface area (Å²) in [6.07, 6.45) is 0.619. The minimum atomic E-state index is -0.479. The molecule has 126 valence electrons. The average Bonchev–Trinajstić information content (AvgIpc) is 2.62. The third-order valence-electron chi connectivity index (χ3n) is 3.51. The highest BCUT2D eigenvalue weighted by Gasteiger charge is 2.12. The lowest BCUT2D eigenvalue weighted by molar-refractivity contribution is 0.0334. The summed E-state index contributed by atoms with van der Waals surface area (Å²) in [5, 5.41) is 0. The van der Waals surface area contributed by atoms with Gasteiger partial charge in [0.25, 0.3) is 0 Å². The SMILES string of the molecule is CCC(C)OC(=O)c1ccc(OC(=O)c2ccc(OC)cc2)cc1. The van der Waals surface area contributed by atoms with Crippen molar-refractivity contribution < 1.29 is 23.8 Å². The van der Waals surface area contributed by atoms with Crippen molar-refractivity contribution in [3.8, 4) is 11.5 Å². The zero-order valence-electron chi connectivity index (χ0n) is 13.9. The quantitative estimate of drug-likeness (QED) is 0.595. The van der Waals surface area contributed by atoms with Crippen molar-refractivity contribution >= 4 is 11.9 Å². The van der Waals surface area contributed by atoms with Crippen LogP contribution in [0.25, 0.3) is 0 Å². The highest BCUT2D eigenvalue weighted by molar-refractivity contribution is 5.92. The van der Waals surface area contributed by atoms with Gasteiger partial charge in [0.2, 0.25) is 0 Å². The van der Waals surface area contributed by atoms with Crippen molar-refractivity contribution in [2.75, 3.05) is 7.11 Å². The Labute approximate surface area is 141 Å². The van der Waals surface area contributed by atoms with Gasteiger partial charge in [-0.15, -0.1) is 0 Å². The Hall–Kier alpha value is -2.82. The fourth-order valence-corrected chi connectivity index (χ4v) is 1.89. The van der Waals surface area contributed by atoms with Crippen LogP contribution in [0.2, 0.25) is 0 Å². The first-order valence-electron chi connectivity index (χ1n) is 7.70. The number of ether oxygens (including phenoxy) is 3. The van der Waals surface area contributed by atoms with Crippen molar-refractivity contribution in [3.63, 3.8) is 0 Å². The first kappa shape index (κ1) is 17.5. The van der Waals surface area contributed by atoms with Crippen LogP contribution in [0.4, 0.5) is 0 Å². The van der Waals surface area contributed by atoms with Gasteiger partial charge in [-0.25, -0.2) is 9.59 Å². The molecule has 0 saturated heterocycles. The van der Waals surface area contributed by atoms with Crippen LogP contribution in [-0.2, 0) is 4.74 Å². The molecule has 1 unspecified atom stereocenters. The van der Waals surface area contributed by atoms with E-state index in [1.807, 2.05) is 13.8 Å². The Kier molecular flexibility index (Phi) is 5.95. The number of carbonyl (C=O) groups is 2. The van der Waals surface area contributed by atoms with Crippen molar-refractivity contribution in [3.05, 3.63) is 59.7 Å². The Balaban J connectivity index is 2.00.